The molecule has 0 saturated carbocycles. The molecule has 0 aliphatic carbocycles. The Bertz CT molecular complexity index is 1340. The lowest BCUT2D eigenvalue weighted by molar-refractivity contribution is 0.485. The molecule has 1 N–H and O–H groups in total. The summed E-state index contributed by atoms with van der Waals surface area (Å²) in [7, 11) is 0. The van der Waals surface area contributed by atoms with Crippen molar-refractivity contribution in [3.63, 3.8) is 0 Å². The number of halogens is 1. The van der Waals surface area contributed by atoms with Gasteiger partial charge in [-0.3, -0.25) is 0 Å². The van der Waals surface area contributed by atoms with E-state index in [0.29, 0.717) is 16.4 Å². The van der Waals surface area contributed by atoms with E-state index in [9.17, 15) is 0 Å². The summed E-state index contributed by atoms with van der Waals surface area (Å²) in [6, 6.07) is 31.2. The lowest BCUT2D eigenvalue weighted by Crippen LogP contribution is -1.97. The summed E-state index contributed by atoms with van der Waals surface area (Å²) >= 11 is 6.27. The lowest BCUT2D eigenvalue weighted by Gasteiger charge is -2.15. The van der Waals surface area contributed by atoms with E-state index in [0.717, 1.165) is 33.8 Å². The number of benzene rings is 3. The Hall–Kier alpha value is -3.89. The zero-order valence-corrected chi connectivity index (χ0v) is 17.3. The topological polar surface area (TPSA) is 47.0 Å². The lowest BCUT2D eigenvalue weighted by atomic mass is 10.1. The van der Waals surface area contributed by atoms with E-state index in [1.807, 2.05) is 97.1 Å². The number of aromatic nitrogens is 2. The van der Waals surface area contributed by atoms with E-state index in [2.05, 4.69) is 10.3 Å². The second-order valence-electron chi connectivity index (χ2n) is 6.97. The van der Waals surface area contributed by atoms with E-state index in [-0.39, 0.29) is 0 Å². The molecule has 5 aromatic rings. The Morgan fingerprint density at radius 1 is 0.742 bits per heavy atom. The molecule has 4 nitrogen and oxygen atoms in total. The predicted molar refractivity (Wildman–Crippen MR) is 126 cm³/mol. The van der Waals surface area contributed by atoms with Crippen LogP contribution in [0.15, 0.2) is 103 Å². The second-order valence-corrected chi connectivity index (χ2v) is 7.41. The predicted octanol–water partition coefficient (Wildman–Crippen LogP) is 7.49. The molecular weight excluding hydrogens is 406 g/mol. The molecule has 0 spiro atoms. The Morgan fingerprint density at radius 3 is 2.32 bits per heavy atom. The van der Waals surface area contributed by atoms with Crippen molar-refractivity contribution in [3.05, 3.63) is 108 Å². The van der Waals surface area contributed by atoms with Gasteiger partial charge in [0.15, 0.2) is 11.4 Å². The van der Waals surface area contributed by atoms with Gasteiger partial charge in [-0.15, -0.1) is 0 Å². The van der Waals surface area contributed by atoms with Crippen LogP contribution >= 0.6 is 11.6 Å². The van der Waals surface area contributed by atoms with Gasteiger partial charge in [-0.25, -0.2) is 9.97 Å². The van der Waals surface area contributed by atoms with Crippen LogP contribution in [0.2, 0.25) is 5.02 Å². The first kappa shape index (κ1) is 19.1. The highest BCUT2D eigenvalue weighted by atomic mass is 35.5. The van der Waals surface area contributed by atoms with Crippen LogP contribution in [0.4, 0.5) is 11.4 Å². The number of para-hydroxylation sites is 1. The van der Waals surface area contributed by atoms with E-state index < -0.39 is 0 Å². The fraction of sp³-hybridized carbons (Fsp3) is 0. The molecule has 0 aliphatic rings. The molecule has 150 valence electrons. The summed E-state index contributed by atoms with van der Waals surface area (Å²) in [4.78, 5) is 9.22. The number of nitrogens with one attached hydrogen (secondary N) is 1. The van der Waals surface area contributed by atoms with Crippen molar-refractivity contribution < 1.29 is 4.74 Å². The first-order valence-electron chi connectivity index (χ1n) is 9.87. The molecule has 31 heavy (non-hydrogen) atoms. The summed E-state index contributed by atoms with van der Waals surface area (Å²) in [5.41, 5.74) is 4.23. The standard InChI is InChI=1S/C26H18ClN3O/c27-19-11-14-25(31-20-9-5-2-6-10-20)24(17-19)29-23-15-16-28-26-21(23)12-13-22(30-26)18-7-3-1-4-8-18/h1-17H,(H,28,29,30). The number of ether oxygens (including phenoxy) is 1. The zero-order valence-electron chi connectivity index (χ0n) is 16.5. The Balaban J connectivity index is 1.51. The Morgan fingerprint density at radius 2 is 1.52 bits per heavy atom. The summed E-state index contributed by atoms with van der Waals surface area (Å²) < 4.78 is 6.07. The molecule has 5 heteroatoms. The maximum Gasteiger partial charge on any atom is 0.161 e. The van der Waals surface area contributed by atoms with Gasteiger partial charge in [0.2, 0.25) is 0 Å². The molecule has 0 aliphatic heterocycles. The van der Waals surface area contributed by atoms with Gasteiger partial charge in [0.25, 0.3) is 0 Å². The van der Waals surface area contributed by atoms with E-state index >= 15 is 0 Å². The molecule has 0 bridgehead atoms. The van der Waals surface area contributed by atoms with Crippen molar-refractivity contribution in [2.75, 3.05) is 5.32 Å². The van der Waals surface area contributed by atoms with Crippen LogP contribution in [0.1, 0.15) is 0 Å². The molecule has 0 unspecified atom stereocenters. The molecule has 2 heterocycles. The molecule has 5 rings (SSSR count). The van der Waals surface area contributed by atoms with Crippen LogP contribution in [-0.4, -0.2) is 9.97 Å². The van der Waals surface area contributed by atoms with Gasteiger partial charge >= 0.3 is 0 Å². The minimum absolute atomic E-state index is 0.616. The smallest absolute Gasteiger partial charge is 0.161 e. The molecule has 0 saturated heterocycles. The minimum atomic E-state index is 0.616. The van der Waals surface area contributed by atoms with Gasteiger partial charge < -0.3 is 10.1 Å². The van der Waals surface area contributed by atoms with Crippen molar-refractivity contribution in [1.82, 2.24) is 9.97 Å². The van der Waals surface area contributed by atoms with Crippen LogP contribution in [-0.2, 0) is 0 Å². The highest BCUT2D eigenvalue weighted by molar-refractivity contribution is 6.31. The van der Waals surface area contributed by atoms with Crippen molar-refractivity contribution in [3.8, 4) is 22.8 Å². The number of anilines is 2. The summed E-state index contributed by atoms with van der Waals surface area (Å²) in [5, 5.41) is 4.97. The average molecular weight is 424 g/mol. The maximum atomic E-state index is 6.27. The monoisotopic (exact) mass is 423 g/mol. The SMILES string of the molecule is Clc1ccc(Oc2ccccc2)c(Nc2ccnc3nc(-c4ccccc4)ccc23)c1. The van der Waals surface area contributed by atoms with Crippen LogP contribution in [0.5, 0.6) is 11.5 Å². The number of fused-ring (bicyclic) bond motifs is 1. The summed E-state index contributed by atoms with van der Waals surface area (Å²) in [5.74, 6) is 1.43. The van der Waals surface area contributed by atoms with Gasteiger partial charge in [0.05, 0.1) is 17.1 Å². The van der Waals surface area contributed by atoms with Gasteiger partial charge in [0, 0.05) is 22.2 Å². The van der Waals surface area contributed by atoms with Crippen LogP contribution < -0.4 is 10.1 Å². The highest BCUT2D eigenvalue weighted by Gasteiger charge is 2.11. The van der Waals surface area contributed by atoms with Gasteiger partial charge in [-0.1, -0.05) is 60.1 Å². The van der Waals surface area contributed by atoms with Crippen LogP contribution in [0, 0.1) is 0 Å². The van der Waals surface area contributed by atoms with E-state index in [1.165, 1.54) is 0 Å². The van der Waals surface area contributed by atoms with Gasteiger partial charge in [-0.05, 0) is 48.5 Å². The normalized spacial score (nSPS) is 10.7. The fourth-order valence-corrected chi connectivity index (χ4v) is 3.53. The Kier molecular flexibility index (Phi) is 5.21. The Labute approximate surface area is 185 Å². The van der Waals surface area contributed by atoms with E-state index in [1.54, 1.807) is 6.20 Å². The molecule has 0 amide bonds. The largest absolute Gasteiger partial charge is 0.455 e. The molecular formula is C26H18ClN3O. The third-order valence-electron chi connectivity index (χ3n) is 4.85. The molecule has 3 aromatic carbocycles. The van der Waals surface area contributed by atoms with Crippen molar-refractivity contribution >= 4 is 34.0 Å². The third kappa shape index (κ3) is 4.20. The van der Waals surface area contributed by atoms with Crippen molar-refractivity contribution in [1.29, 1.82) is 0 Å². The average Bonchev–Trinajstić information content (AvgIpc) is 2.82. The minimum Gasteiger partial charge on any atom is -0.455 e. The van der Waals surface area contributed by atoms with Crippen molar-refractivity contribution in [2.45, 2.75) is 0 Å². The van der Waals surface area contributed by atoms with Gasteiger partial charge in [-0.2, -0.15) is 0 Å². The van der Waals surface area contributed by atoms with Crippen LogP contribution in [0.25, 0.3) is 22.3 Å². The number of hydrogen-bond acceptors (Lipinski definition) is 4. The van der Waals surface area contributed by atoms with Crippen molar-refractivity contribution in [2.24, 2.45) is 0 Å². The first-order chi connectivity index (χ1) is 15.3. The summed E-state index contributed by atoms with van der Waals surface area (Å²) in [6.07, 6.45) is 1.74. The second kappa shape index (κ2) is 8.46. The fourth-order valence-electron chi connectivity index (χ4n) is 3.36. The molecule has 0 radical (unpaired) electrons. The highest BCUT2D eigenvalue weighted by Crippen LogP contribution is 2.35. The van der Waals surface area contributed by atoms with E-state index in [4.69, 9.17) is 21.3 Å². The number of pyridine rings is 2. The quantitative estimate of drug-likeness (QED) is 0.318. The van der Waals surface area contributed by atoms with Gasteiger partial charge in [0.1, 0.15) is 5.75 Å². The number of nitrogens with zero attached hydrogens (tertiary/aromatic N) is 2. The first-order valence-corrected chi connectivity index (χ1v) is 10.2. The molecule has 2 aromatic heterocycles. The van der Waals surface area contributed by atoms with Crippen LogP contribution in [0.3, 0.4) is 0 Å². The third-order valence-corrected chi connectivity index (χ3v) is 5.09. The number of rotatable bonds is 5. The number of hydrogen-bond donors (Lipinski definition) is 1. The molecule has 0 fully saturated rings. The summed E-state index contributed by atoms with van der Waals surface area (Å²) in [6.45, 7) is 0. The maximum absolute atomic E-state index is 6.27. The zero-order chi connectivity index (χ0) is 21.0. The molecule has 0 atom stereocenters.